The third-order valence-corrected chi connectivity index (χ3v) is 7.64. The van der Waals surface area contributed by atoms with E-state index in [2.05, 4.69) is 64.1 Å². The highest BCUT2D eigenvalue weighted by atomic mass is 14.1. The fourth-order valence-corrected chi connectivity index (χ4v) is 5.39. The molecular formula is C33H52. The Balaban J connectivity index is 1.32. The lowest BCUT2D eigenvalue weighted by Gasteiger charge is -2.09. The van der Waals surface area contributed by atoms with Gasteiger partial charge < -0.3 is 0 Å². The summed E-state index contributed by atoms with van der Waals surface area (Å²) in [6.07, 6.45) is 24.0. The lowest BCUT2D eigenvalue weighted by molar-refractivity contribution is 0.530. The lowest BCUT2D eigenvalue weighted by Crippen LogP contribution is -1.94. The molecule has 0 bridgehead atoms. The van der Waals surface area contributed by atoms with Crippen molar-refractivity contribution in [1.29, 1.82) is 0 Å². The Kier molecular flexibility index (Phi) is 14.2. The van der Waals surface area contributed by atoms with E-state index in [4.69, 9.17) is 0 Å². The number of hydrogen-bond donors (Lipinski definition) is 0. The van der Waals surface area contributed by atoms with Crippen LogP contribution in [-0.2, 0) is 12.8 Å². The van der Waals surface area contributed by atoms with Gasteiger partial charge in [-0.3, -0.25) is 0 Å². The highest BCUT2D eigenvalue weighted by Crippen LogP contribution is 2.19. The quantitative estimate of drug-likeness (QED) is 0.199. The molecule has 0 amide bonds. The van der Waals surface area contributed by atoms with E-state index in [1.165, 1.54) is 131 Å². The summed E-state index contributed by atoms with van der Waals surface area (Å²) in [4.78, 5) is 0. The van der Waals surface area contributed by atoms with Gasteiger partial charge in [-0.25, -0.2) is 0 Å². The van der Waals surface area contributed by atoms with Crippen molar-refractivity contribution in [2.24, 2.45) is 0 Å². The van der Waals surface area contributed by atoms with Crippen LogP contribution in [0.15, 0.2) is 36.4 Å². The third kappa shape index (κ3) is 11.4. The molecule has 33 heavy (non-hydrogen) atoms. The lowest BCUT2D eigenvalue weighted by atomic mass is 9.97. The third-order valence-electron chi connectivity index (χ3n) is 7.64. The fourth-order valence-electron chi connectivity index (χ4n) is 5.39. The van der Waals surface area contributed by atoms with Crippen molar-refractivity contribution in [3.05, 3.63) is 69.8 Å². The van der Waals surface area contributed by atoms with Crippen molar-refractivity contribution >= 4 is 0 Å². The average molecular weight is 449 g/mol. The van der Waals surface area contributed by atoms with E-state index in [1.807, 2.05) is 0 Å². The van der Waals surface area contributed by atoms with Crippen LogP contribution in [-0.4, -0.2) is 0 Å². The van der Waals surface area contributed by atoms with Crippen LogP contribution in [0.5, 0.6) is 0 Å². The molecule has 0 atom stereocenters. The molecule has 0 aliphatic carbocycles. The second-order valence-corrected chi connectivity index (χ2v) is 10.5. The Labute approximate surface area is 206 Å². The smallest absolute Gasteiger partial charge is 0.0274 e. The van der Waals surface area contributed by atoms with E-state index < -0.39 is 0 Å². The van der Waals surface area contributed by atoms with Crippen molar-refractivity contribution < 1.29 is 0 Å². The molecule has 0 saturated heterocycles. The van der Waals surface area contributed by atoms with Gasteiger partial charge in [-0.15, -0.1) is 0 Å². The largest absolute Gasteiger partial charge is 0.0617 e. The van der Waals surface area contributed by atoms with E-state index >= 15 is 0 Å². The molecule has 0 fully saturated rings. The van der Waals surface area contributed by atoms with E-state index in [0.29, 0.717) is 0 Å². The molecule has 0 saturated carbocycles. The summed E-state index contributed by atoms with van der Waals surface area (Å²) in [5.41, 5.74) is 9.09. The van der Waals surface area contributed by atoms with Gasteiger partial charge in [-0.2, -0.15) is 0 Å². The molecule has 2 rings (SSSR count). The zero-order valence-electron chi connectivity index (χ0n) is 22.5. The zero-order chi connectivity index (χ0) is 23.7. The first kappa shape index (κ1) is 27.7. The molecule has 184 valence electrons. The summed E-state index contributed by atoms with van der Waals surface area (Å²) in [5.74, 6) is 0. The first-order chi connectivity index (χ1) is 16.1. The summed E-state index contributed by atoms with van der Waals surface area (Å²) in [6.45, 7) is 9.04. The Hall–Kier alpha value is -1.56. The van der Waals surface area contributed by atoms with Crippen molar-refractivity contribution in [3.8, 4) is 0 Å². The summed E-state index contributed by atoms with van der Waals surface area (Å²) in [7, 11) is 0. The first-order valence-electron chi connectivity index (χ1n) is 14.2. The van der Waals surface area contributed by atoms with Gasteiger partial charge in [0.15, 0.2) is 0 Å². The van der Waals surface area contributed by atoms with E-state index in [9.17, 15) is 0 Å². The SMILES string of the molecule is Cc1cccc(C)c1CCCCCCCCCCCCCCCCCc1c(C)cccc1C. The second kappa shape index (κ2) is 17.0. The maximum atomic E-state index is 2.26. The Morgan fingerprint density at radius 2 is 0.545 bits per heavy atom. The predicted octanol–water partition coefficient (Wildman–Crippen LogP) is 10.6. The summed E-state index contributed by atoms with van der Waals surface area (Å²) in [5, 5.41) is 0. The Bertz CT molecular complexity index is 664. The topological polar surface area (TPSA) is 0 Å². The number of aryl methyl sites for hydroxylation is 4. The molecule has 0 heteroatoms. The molecule has 0 spiro atoms. The molecular weight excluding hydrogens is 396 g/mol. The average Bonchev–Trinajstić information content (AvgIpc) is 2.79. The Morgan fingerprint density at radius 1 is 0.333 bits per heavy atom. The van der Waals surface area contributed by atoms with E-state index in [0.717, 1.165) is 0 Å². The minimum Gasteiger partial charge on any atom is -0.0617 e. The van der Waals surface area contributed by atoms with E-state index in [-0.39, 0.29) is 0 Å². The van der Waals surface area contributed by atoms with Crippen molar-refractivity contribution in [2.45, 2.75) is 137 Å². The van der Waals surface area contributed by atoms with Crippen LogP contribution in [0, 0.1) is 27.7 Å². The maximum Gasteiger partial charge on any atom is -0.0274 e. The normalized spacial score (nSPS) is 11.3. The van der Waals surface area contributed by atoms with Crippen LogP contribution in [0.1, 0.15) is 130 Å². The van der Waals surface area contributed by atoms with Crippen molar-refractivity contribution in [3.63, 3.8) is 0 Å². The van der Waals surface area contributed by atoms with Crippen LogP contribution in [0.25, 0.3) is 0 Å². The molecule has 0 aliphatic heterocycles. The van der Waals surface area contributed by atoms with Gasteiger partial charge in [-0.1, -0.05) is 120 Å². The minimum absolute atomic E-state index is 1.27. The van der Waals surface area contributed by atoms with Crippen LogP contribution >= 0.6 is 0 Å². The van der Waals surface area contributed by atoms with Crippen LogP contribution in [0.2, 0.25) is 0 Å². The second-order valence-electron chi connectivity index (χ2n) is 10.5. The molecule has 0 aliphatic rings. The van der Waals surface area contributed by atoms with Crippen LogP contribution in [0.4, 0.5) is 0 Å². The van der Waals surface area contributed by atoms with Gasteiger partial charge in [0.05, 0.1) is 0 Å². The van der Waals surface area contributed by atoms with Gasteiger partial charge in [0.25, 0.3) is 0 Å². The number of rotatable bonds is 18. The van der Waals surface area contributed by atoms with Crippen molar-refractivity contribution in [1.82, 2.24) is 0 Å². The molecule has 0 unspecified atom stereocenters. The number of hydrogen-bond acceptors (Lipinski definition) is 0. The van der Waals surface area contributed by atoms with Crippen LogP contribution in [0.3, 0.4) is 0 Å². The molecule has 0 nitrogen and oxygen atoms in total. The van der Waals surface area contributed by atoms with E-state index in [1.54, 1.807) is 11.1 Å². The maximum absolute atomic E-state index is 2.26. The molecule has 0 N–H and O–H groups in total. The van der Waals surface area contributed by atoms with Gasteiger partial charge in [0.2, 0.25) is 0 Å². The number of unbranched alkanes of at least 4 members (excludes halogenated alkanes) is 14. The fraction of sp³-hybridized carbons (Fsp3) is 0.636. The summed E-state index contributed by atoms with van der Waals surface area (Å²) in [6, 6.07) is 13.4. The monoisotopic (exact) mass is 448 g/mol. The van der Waals surface area contributed by atoms with Gasteiger partial charge in [-0.05, 0) is 86.8 Å². The van der Waals surface area contributed by atoms with Gasteiger partial charge in [0, 0.05) is 0 Å². The molecule has 0 radical (unpaired) electrons. The van der Waals surface area contributed by atoms with Gasteiger partial charge in [0.1, 0.15) is 0 Å². The predicted molar refractivity (Wildman–Crippen MR) is 148 cm³/mol. The first-order valence-corrected chi connectivity index (χ1v) is 14.2. The molecule has 0 heterocycles. The highest BCUT2D eigenvalue weighted by molar-refractivity contribution is 5.34. The molecule has 2 aromatic carbocycles. The zero-order valence-corrected chi connectivity index (χ0v) is 22.5. The number of benzene rings is 2. The standard InChI is InChI=1S/C33H52/c1-28-22-20-23-29(2)32(28)26-18-16-14-12-10-8-6-5-7-9-11-13-15-17-19-27-33-30(3)24-21-25-31(33)4/h20-25H,5-19,26-27H2,1-4H3. The molecule has 2 aromatic rings. The van der Waals surface area contributed by atoms with Crippen molar-refractivity contribution in [2.75, 3.05) is 0 Å². The highest BCUT2D eigenvalue weighted by Gasteiger charge is 2.03. The summed E-state index contributed by atoms with van der Waals surface area (Å²) >= 11 is 0. The molecule has 0 aromatic heterocycles. The van der Waals surface area contributed by atoms with Crippen LogP contribution < -0.4 is 0 Å². The van der Waals surface area contributed by atoms with Gasteiger partial charge >= 0.3 is 0 Å². The Morgan fingerprint density at radius 3 is 0.788 bits per heavy atom. The summed E-state index contributed by atoms with van der Waals surface area (Å²) < 4.78 is 0. The minimum atomic E-state index is 1.27.